The topological polar surface area (TPSA) is 61.6 Å². The quantitative estimate of drug-likeness (QED) is 0.186. The Hall–Kier alpha value is -7.12. The third-order valence-electron chi connectivity index (χ3n) is 10.1. The summed E-state index contributed by atoms with van der Waals surface area (Å²) >= 11 is 0. The fraction of sp³-hybridized carbons (Fsp3) is 0.0222. The van der Waals surface area contributed by atoms with E-state index in [1.807, 2.05) is 66.7 Å². The SMILES string of the molecule is C.c1ccc(-c2nc(-n3c4ccccc4c4cc(-c5cc6c7c(c5)Oc5cccc8c5N7c5c(cccc5O6)O8)ccc43)nc3ccccc23)cc1. The zero-order chi connectivity index (χ0) is 33.2. The molecule has 0 saturated heterocycles. The standard InChI is InChI=1S/C44H24N4O3.CH4/c1-2-10-25(11-3-1)40-29-13-4-6-14-31(29)45-44(46-40)47-32-15-7-5-12-28(32)30-22-26(20-21-33(30)47)27-23-38-43-39(24-27)51-37-19-9-17-35-42(37)48(43)41-34(49-35)16-8-18-36(41)50-38;/h1-24H;1H4. The summed E-state index contributed by atoms with van der Waals surface area (Å²) in [6, 6.07) is 49.6. The minimum Gasteiger partial charge on any atom is -0.453 e. The van der Waals surface area contributed by atoms with E-state index in [0.717, 1.165) is 107 Å². The average Bonchev–Trinajstić information content (AvgIpc) is 3.51. The fourth-order valence-corrected chi connectivity index (χ4v) is 7.94. The van der Waals surface area contributed by atoms with Crippen molar-refractivity contribution in [2.45, 2.75) is 7.43 Å². The van der Waals surface area contributed by atoms with Crippen molar-refractivity contribution in [1.29, 1.82) is 0 Å². The van der Waals surface area contributed by atoms with Crippen molar-refractivity contribution in [3.8, 4) is 62.8 Å². The van der Waals surface area contributed by atoms with Crippen molar-refractivity contribution in [3.05, 3.63) is 146 Å². The number of hydrogen-bond donors (Lipinski definition) is 0. The van der Waals surface area contributed by atoms with Gasteiger partial charge in [-0.25, -0.2) is 9.97 Å². The summed E-state index contributed by atoms with van der Waals surface area (Å²) in [6.45, 7) is 0. The Morgan fingerprint density at radius 1 is 0.404 bits per heavy atom. The van der Waals surface area contributed by atoms with E-state index in [1.54, 1.807) is 0 Å². The Bertz CT molecular complexity index is 2890. The van der Waals surface area contributed by atoms with E-state index in [0.29, 0.717) is 5.95 Å². The Kier molecular flexibility index (Phi) is 5.76. The first-order valence-electron chi connectivity index (χ1n) is 16.9. The van der Waals surface area contributed by atoms with Crippen LogP contribution in [0.1, 0.15) is 7.43 Å². The minimum absolute atomic E-state index is 0. The van der Waals surface area contributed by atoms with Crippen LogP contribution in [-0.2, 0) is 0 Å². The van der Waals surface area contributed by atoms with Gasteiger partial charge in [-0.15, -0.1) is 0 Å². The average molecular weight is 673 g/mol. The molecule has 12 rings (SSSR count). The molecule has 0 unspecified atom stereocenters. The lowest BCUT2D eigenvalue weighted by Gasteiger charge is -2.41. The molecule has 0 radical (unpaired) electrons. The molecule has 52 heavy (non-hydrogen) atoms. The molecular formula is C45H28N4O3. The van der Waals surface area contributed by atoms with E-state index in [2.05, 4.69) is 88.3 Å². The van der Waals surface area contributed by atoms with E-state index in [9.17, 15) is 0 Å². The van der Waals surface area contributed by atoms with Crippen molar-refractivity contribution in [2.75, 3.05) is 4.90 Å². The number of rotatable bonds is 3. The van der Waals surface area contributed by atoms with Crippen LogP contribution in [0.15, 0.2) is 146 Å². The Morgan fingerprint density at radius 3 is 1.69 bits per heavy atom. The summed E-state index contributed by atoms with van der Waals surface area (Å²) in [7, 11) is 0. The van der Waals surface area contributed by atoms with Crippen LogP contribution >= 0.6 is 0 Å². The maximum atomic E-state index is 6.59. The Labute approximate surface area is 298 Å². The van der Waals surface area contributed by atoms with E-state index in [1.165, 1.54) is 0 Å². The fourth-order valence-electron chi connectivity index (χ4n) is 7.94. The third kappa shape index (κ3) is 3.84. The second-order valence-electron chi connectivity index (χ2n) is 13.0. The molecule has 0 saturated carbocycles. The van der Waals surface area contributed by atoms with E-state index in [-0.39, 0.29) is 7.43 Å². The molecule has 246 valence electrons. The van der Waals surface area contributed by atoms with Gasteiger partial charge in [0, 0.05) is 21.7 Å². The molecule has 9 aromatic rings. The number of hydrogen-bond acceptors (Lipinski definition) is 6. The van der Waals surface area contributed by atoms with Crippen LogP contribution in [0.2, 0.25) is 0 Å². The molecule has 7 nitrogen and oxygen atoms in total. The van der Waals surface area contributed by atoms with Crippen molar-refractivity contribution in [3.63, 3.8) is 0 Å². The van der Waals surface area contributed by atoms with Crippen LogP contribution in [0.4, 0.5) is 17.1 Å². The van der Waals surface area contributed by atoms with Crippen LogP contribution in [0.5, 0.6) is 34.5 Å². The molecule has 0 atom stereocenters. The van der Waals surface area contributed by atoms with Gasteiger partial charge < -0.3 is 14.2 Å². The Balaban J connectivity index is 0.00000320. The van der Waals surface area contributed by atoms with Gasteiger partial charge >= 0.3 is 0 Å². The highest BCUT2D eigenvalue weighted by Gasteiger charge is 2.41. The predicted octanol–water partition coefficient (Wildman–Crippen LogP) is 12.5. The zero-order valence-corrected chi connectivity index (χ0v) is 26.9. The third-order valence-corrected chi connectivity index (χ3v) is 10.1. The van der Waals surface area contributed by atoms with Crippen LogP contribution in [0, 0.1) is 0 Å². The second-order valence-corrected chi connectivity index (χ2v) is 13.0. The molecule has 7 aromatic carbocycles. The molecule has 0 aliphatic carbocycles. The molecule has 0 fully saturated rings. The van der Waals surface area contributed by atoms with Gasteiger partial charge in [0.25, 0.3) is 0 Å². The smallest absolute Gasteiger partial charge is 0.235 e. The second kappa shape index (κ2) is 10.4. The van der Waals surface area contributed by atoms with Crippen molar-refractivity contribution in [1.82, 2.24) is 14.5 Å². The largest absolute Gasteiger partial charge is 0.453 e. The summed E-state index contributed by atoms with van der Waals surface area (Å²) in [5, 5.41) is 3.24. The van der Waals surface area contributed by atoms with Gasteiger partial charge in [-0.1, -0.05) is 92.4 Å². The first-order chi connectivity index (χ1) is 25.3. The highest BCUT2D eigenvalue weighted by molar-refractivity contribution is 6.11. The summed E-state index contributed by atoms with van der Waals surface area (Å²) in [5.74, 6) is 5.10. The highest BCUT2D eigenvalue weighted by Crippen LogP contribution is 2.66. The number of aromatic nitrogens is 3. The molecular weight excluding hydrogens is 645 g/mol. The first-order valence-corrected chi connectivity index (χ1v) is 16.9. The highest BCUT2D eigenvalue weighted by atomic mass is 16.5. The molecule has 3 aliphatic heterocycles. The monoisotopic (exact) mass is 672 g/mol. The number of anilines is 3. The van der Waals surface area contributed by atoms with Gasteiger partial charge in [0.15, 0.2) is 34.5 Å². The summed E-state index contributed by atoms with van der Waals surface area (Å²) in [6.07, 6.45) is 0. The van der Waals surface area contributed by atoms with E-state index >= 15 is 0 Å². The molecule has 7 heteroatoms. The maximum absolute atomic E-state index is 6.59. The van der Waals surface area contributed by atoms with Gasteiger partial charge in [-0.3, -0.25) is 9.47 Å². The molecule has 0 bridgehead atoms. The van der Waals surface area contributed by atoms with Crippen molar-refractivity contribution < 1.29 is 14.2 Å². The molecule has 0 amide bonds. The molecule has 5 heterocycles. The number of nitrogens with zero attached hydrogens (tertiary/aromatic N) is 4. The number of fused-ring (bicyclic) bond motifs is 4. The molecule has 3 aliphatic rings. The lowest BCUT2D eigenvalue weighted by atomic mass is 9.98. The van der Waals surface area contributed by atoms with E-state index < -0.39 is 0 Å². The van der Waals surface area contributed by atoms with Crippen LogP contribution in [0.3, 0.4) is 0 Å². The lowest BCUT2D eigenvalue weighted by Crippen LogP contribution is -2.23. The minimum atomic E-state index is 0. The summed E-state index contributed by atoms with van der Waals surface area (Å²) in [5.41, 5.74) is 9.61. The molecule has 0 spiro atoms. The Morgan fingerprint density at radius 2 is 0.981 bits per heavy atom. The number of ether oxygens (including phenoxy) is 3. The normalized spacial score (nSPS) is 12.9. The summed E-state index contributed by atoms with van der Waals surface area (Å²) < 4.78 is 21.7. The van der Waals surface area contributed by atoms with Gasteiger partial charge in [-0.05, 0) is 71.8 Å². The van der Waals surface area contributed by atoms with Gasteiger partial charge in [0.1, 0.15) is 17.1 Å². The maximum Gasteiger partial charge on any atom is 0.235 e. The first kappa shape index (κ1) is 28.7. The number of para-hydroxylation sites is 4. The lowest BCUT2D eigenvalue weighted by molar-refractivity contribution is 0.418. The number of benzene rings is 7. The molecule has 0 N–H and O–H groups in total. The van der Waals surface area contributed by atoms with Crippen LogP contribution in [0.25, 0.3) is 61.0 Å². The van der Waals surface area contributed by atoms with E-state index in [4.69, 9.17) is 24.2 Å². The van der Waals surface area contributed by atoms with Crippen LogP contribution < -0.4 is 19.1 Å². The van der Waals surface area contributed by atoms with Gasteiger partial charge in [0.2, 0.25) is 5.95 Å². The predicted molar refractivity (Wildman–Crippen MR) is 206 cm³/mol. The van der Waals surface area contributed by atoms with Gasteiger partial charge in [0.05, 0.1) is 22.2 Å². The zero-order valence-electron chi connectivity index (χ0n) is 26.9. The summed E-state index contributed by atoms with van der Waals surface area (Å²) in [4.78, 5) is 12.6. The van der Waals surface area contributed by atoms with Gasteiger partial charge in [-0.2, -0.15) is 0 Å². The van der Waals surface area contributed by atoms with Crippen molar-refractivity contribution >= 4 is 49.8 Å². The van der Waals surface area contributed by atoms with Crippen molar-refractivity contribution in [2.24, 2.45) is 0 Å². The van der Waals surface area contributed by atoms with Crippen LogP contribution in [-0.4, -0.2) is 14.5 Å². The molecule has 2 aromatic heterocycles.